The number of thioether (sulfide) groups is 1. The van der Waals surface area contributed by atoms with Gasteiger partial charge >= 0.3 is 6.18 Å². The molecular weight excluding hydrogens is 453 g/mol. The quantitative estimate of drug-likeness (QED) is 0.374. The normalized spacial score (nSPS) is 20.8. The predicted octanol–water partition coefficient (Wildman–Crippen LogP) is 4.10. The molecule has 2 fully saturated rings. The Morgan fingerprint density at radius 2 is 1.91 bits per heavy atom. The van der Waals surface area contributed by atoms with Crippen molar-refractivity contribution in [3.8, 4) is 11.6 Å². The Morgan fingerprint density at radius 1 is 1.12 bits per heavy atom. The van der Waals surface area contributed by atoms with Gasteiger partial charge in [0.1, 0.15) is 0 Å². The third-order valence-corrected chi connectivity index (χ3v) is 7.58. The molecule has 0 bridgehead atoms. The van der Waals surface area contributed by atoms with E-state index in [0.717, 1.165) is 54.9 Å². The summed E-state index contributed by atoms with van der Waals surface area (Å²) in [5.41, 5.74) is 1.07. The summed E-state index contributed by atoms with van der Waals surface area (Å²) >= 11 is 1.67. The van der Waals surface area contributed by atoms with Gasteiger partial charge in [-0.15, -0.1) is 10.2 Å². The van der Waals surface area contributed by atoms with Crippen LogP contribution in [0, 0.1) is 12.8 Å². The number of fused-ring (bicyclic) bond motifs is 1. The summed E-state index contributed by atoms with van der Waals surface area (Å²) < 4.78 is 45.8. The molecular formula is C22H25F3N6OS. The van der Waals surface area contributed by atoms with Crippen LogP contribution in [0.5, 0.6) is 0 Å². The van der Waals surface area contributed by atoms with Crippen LogP contribution in [0.3, 0.4) is 0 Å². The van der Waals surface area contributed by atoms with Crippen molar-refractivity contribution in [2.45, 2.75) is 30.7 Å². The number of hydrogen-bond acceptors (Lipinski definition) is 7. The molecule has 0 amide bonds. The van der Waals surface area contributed by atoms with Gasteiger partial charge in [0.2, 0.25) is 5.82 Å². The van der Waals surface area contributed by atoms with Gasteiger partial charge in [-0.1, -0.05) is 11.8 Å². The lowest BCUT2D eigenvalue weighted by Crippen LogP contribution is -2.55. The van der Waals surface area contributed by atoms with Crippen LogP contribution >= 0.6 is 11.8 Å². The van der Waals surface area contributed by atoms with Gasteiger partial charge in [-0.25, -0.2) is 4.98 Å². The zero-order valence-electron chi connectivity index (χ0n) is 18.4. The van der Waals surface area contributed by atoms with Gasteiger partial charge in [0.15, 0.2) is 17.3 Å². The molecule has 2 aliphatic rings. The number of aryl methyl sites for hydroxylation is 1. The second-order valence-electron chi connectivity index (χ2n) is 8.62. The van der Waals surface area contributed by atoms with E-state index in [9.17, 15) is 13.2 Å². The summed E-state index contributed by atoms with van der Waals surface area (Å²) in [6.07, 6.45) is -1.86. The zero-order valence-corrected chi connectivity index (χ0v) is 19.2. The van der Waals surface area contributed by atoms with Gasteiger partial charge in [-0.05, 0) is 44.2 Å². The molecule has 176 valence electrons. The number of halogens is 3. The highest BCUT2D eigenvalue weighted by Gasteiger charge is 2.45. The molecule has 0 N–H and O–H groups in total. The van der Waals surface area contributed by atoms with Gasteiger partial charge in [0.25, 0.3) is 0 Å². The number of hydrogen-bond donors (Lipinski definition) is 0. The Labute approximate surface area is 194 Å². The van der Waals surface area contributed by atoms with Crippen molar-refractivity contribution in [1.29, 1.82) is 0 Å². The molecule has 0 radical (unpaired) electrons. The van der Waals surface area contributed by atoms with Crippen molar-refractivity contribution in [2.24, 2.45) is 13.0 Å². The SMILES string of the molecule is Cc1ncoc1-c1nnc(SCCCN2C[C@H]3CN(c4ccc(C(F)(F)F)cc4)[C@H]3C2)n1C. The molecule has 1 aromatic carbocycles. The molecule has 0 aliphatic carbocycles. The predicted molar refractivity (Wildman–Crippen MR) is 119 cm³/mol. The van der Waals surface area contributed by atoms with E-state index in [1.165, 1.54) is 18.5 Å². The highest BCUT2D eigenvalue weighted by atomic mass is 32.2. The average Bonchev–Trinajstić information content (AvgIpc) is 3.44. The number of alkyl halides is 3. The largest absolute Gasteiger partial charge is 0.440 e. The first-order valence-corrected chi connectivity index (χ1v) is 11.9. The number of likely N-dealkylation sites (tertiary alicyclic amines) is 1. The molecule has 3 aromatic rings. The lowest BCUT2D eigenvalue weighted by atomic mass is 9.91. The maximum Gasteiger partial charge on any atom is 0.416 e. The molecule has 11 heteroatoms. The molecule has 0 unspecified atom stereocenters. The van der Waals surface area contributed by atoms with E-state index in [1.54, 1.807) is 23.9 Å². The third kappa shape index (κ3) is 4.35. The van der Waals surface area contributed by atoms with Gasteiger partial charge in [0, 0.05) is 50.1 Å². The first-order chi connectivity index (χ1) is 15.8. The summed E-state index contributed by atoms with van der Waals surface area (Å²) in [4.78, 5) is 8.80. The Balaban J connectivity index is 1.09. The van der Waals surface area contributed by atoms with E-state index in [1.807, 2.05) is 18.5 Å². The van der Waals surface area contributed by atoms with Crippen LogP contribution in [0.2, 0.25) is 0 Å². The molecule has 7 nitrogen and oxygen atoms in total. The lowest BCUT2D eigenvalue weighted by Gasteiger charge is -2.45. The number of rotatable bonds is 7. The monoisotopic (exact) mass is 478 g/mol. The van der Waals surface area contributed by atoms with Crippen LogP contribution in [0.15, 0.2) is 40.2 Å². The molecule has 0 saturated carbocycles. The van der Waals surface area contributed by atoms with E-state index in [0.29, 0.717) is 23.5 Å². The maximum atomic E-state index is 12.8. The molecule has 2 saturated heterocycles. The van der Waals surface area contributed by atoms with E-state index < -0.39 is 11.7 Å². The lowest BCUT2D eigenvalue weighted by molar-refractivity contribution is -0.137. The minimum atomic E-state index is -4.29. The first kappa shape index (κ1) is 22.3. The van der Waals surface area contributed by atoms with Gasteiger partial charge in [-0.3, -0.25) is 0 Å². The molecule has 2 atom stereocenters. The Hall–Kier alpha value is -2.53. The van der Waals surface area contributed by atoms with Crippen molar-refractivity contribution in [1.82, 2.24) is 24.6 Å². The van der Waals surface area contributed by atoms with Crippen LogP contribution in [0.25, 0.3) is 11.6 Å². The third-order valence-electron chi connectivity index (χ3n) is 6.47. The Kier molecular flexibility index (Phi) is 5.86. The smallest absolute Gasteiger partial charge is 0.416 e. The number of nitrogens with zero attached hydrogens (tertiary/aromatic N) is 6. The Bertz CT molecular complexity index is 1110. The number of oxazole rings is 1. The molecule has 2 aromatic heterocycles. The minimum Gasteiger partial charge on any atom is -0.440 e. The van der Waals surface area contributed by atoms with Crippen molar-refractivity contribution in [2.75, 3.05) is 36.8 Å². The molecule has 4 heterocycles. The first-order valence-electron chi connectivity index (χ1n) is 10.9. The standard InChI is InChI=1S/C22H25F3N6OS/c1-14-19(32-13-26-14)20-27-28-21(29(20)2)33-9-3-8-30-10-15-11-31(18(15)12-30)17-6-4-16(5-7-17)22(23,24)25/h4-7,13,15,18H,3,8-12H2,1-2H3/t15-,18-/m0/s1. The fourth-order valence-electron chi connectivity index (χ4n) is 4.65. The summed E-state index contributed by atoms with van der Waals surface area (Å²) in [6, 6.07) is 5.92. The van der Waals surface area contributed by atoms with Crippen molar-refractivity contribution in [3.63, 3.8) is 0 Å². The number of benzene rings is 1. The van der Waals surface area contributed by atoms with E-state index >= 15 is 0 Å². The van der Waals surface area contributed by atoms with Crippen LogP contribution < -0.4 is 4.90 Å². The maximum absolute atomic E-state index is 12.8. The van der Waals surface area contributed by atoms with Crippen LogP contribution in [0.4, 0.5) is 18.9 Å². The van der Waals surface area contributed by atoms with E-state index in [-0.39, 0.29) is 0 Å². The van der Waals surface area contributed by atoms with E-state index in [4.69, 9.17) is 4.42 Å². The fourth-order valence-corrected chi connectivity index (χ4v) is 5.49. The van der Waals surface area contributed by atoms with Crippen molar-refractivity contribution >= 4 is 17.4 Å². The minimum absolute atomic E-state index is 0.390. The summed E-state index contributed by atoms with van der Waals surface area (Å²) in [7, 11) is 1.92. The fraction of sp³-hybridized carbons (Fsp3) is 0.500. The van der Waals surface area contributed by atoms with Crippen LogP contribution in [-0.4, -0.2) is 62.6 Å². The van der Waals surface area contributed by atoms with Gasteiger partial charge in [0.05, 0.1) is 11.3 Å². The molecule has 2 aliphatic heterocycles. The summed E-state index contributed by atoms with van der Waals surface area (Å²) in [5.74, 6) is 2.83. The summed E-state index contributed by atoms with van der Waals surface area (Å²) in [5, 5.41) is 9.36. The highest BCUT2D eigenvalue weighted by Crippen LogP contribution is 2.38. The molecule has 33 heavy (non-hydrogen) atoms. The van der Waals surface area contributed by atoms with E-state index in [2.05, 4.69) is 25.0 Å². The average molecular weight is 479 g/mol. The van der Waals surface area contributed by atoms with Crippen molar-refractivity contribution < 1.29 is 17.6 Å². The Morgan fingerprint density at radius 3 is 2.61 bits per heavy atom. The molecule has 5 rings (SSSR count). The topological polar surface area (TPSA) is 63.2 Å². The van der Waals surface area contributed by atoms with Gasteiger partial charge < -0.3 is 18.8 Å². The second-order valence-corrected chi connectivity index (χ2v) is 9.68. The van der Waals surface area contributed by atoms with Crippen molar-refractivity contribution in [3.05, 3.63) is 41.9 Å². The summed E-state index contributed by atoms with van der Waals surface area (Å²) in [6.45, 7) is 5.78. The van der Waals surface area contributed by atoms with Crippen LogP contribution in [0.1, 0.15) is 17.7 Å². The highest BCUT2D eigenvalue weighted by molar-refractivity contribution is 7.99. The second kappa shape index (κ2) is 8.68. The zero-order chi connectivity index (χ0) is 23.2. The van der Waals surface area contributed by atoms with Gasteiger partial charge in [-0.2, -0.15) is 13.2 Å². The number of anilines is 1. The van der Waals surface area contributed by atoms with Crippen LogP contribution in [-0.2, 0) is 13.2 Å². The number of aromatic nitrogens is 4. The molecule has 0 spiro atoms.